The summed E-state index contributed by atoms with van der Waals surface area (Å²) >= 11 is 0. The lowest BCUT2D eigenvalue weighted by Gasteiger charge is -2.37. The van der Waals surface area contributed by atoms with Crippen molar-refractivity contribution in [2.75, 3.05) is 26.2 Å². The Morgan fingerprint density at radius 2 is 2.00 bits per heavy atom. The summed E-state index contributed by atoms with van der Waals surface area (Å²) in [4.78, 5) is 2.58. The van der Waals surface area contributed by atoms with Gasteiger partial charge >= 0.3 is 0 Å². The molecule has 3 rings (SSSR count). The molecule has 0 spiro atoms. The Hall–Kier alpha value is -0.930. The molecule has 1 aliphatic carbocycles. The van der Waals surface area contributed by atoms with Crippen LogP contribution in [0.2, 0.25) is 0 Å². The first kappa shape index (κ1) is 15.0. The van der Waals surface area contributed by atoms with E-state index < -0.39 is 0 Å². The minimum atomic E-state index is -0.108. The molecule has 1 aliphatic heterocycles. The van der Waals surface area contributed by atoms with Crippen molar-refractivity contribution in [2.24, 2.45) is 5.92 Å². The minimum absolute atomic E-state index is 0.108. The summed E-state index contributed by atoms with van der Waals surface area (Å²) in [5, 5.41) is 3.66. The number of benzene rings is 1. The third-order valence-corrected chi connectivity index (χ3v) is 5.20. The van der Waals surface area contributed by atoms with E-state index in [0.717, 1.165) is 30.9 Å². The van der Waals surface area contributed by atoms with Gasteiger partial charge in [0.05, 0.1) is 0 Å². The van der Waals surface area contributed by atoms with Crippen LogP contribution in [-0.4, -0.2) is 37.1 Å². The molecule has 1 aromatic rings. The van der Waals surface area contributed by atoms with Crippen LogP contribution in [0, 0.1) is 11.7 Å². The fourth-order valence-electron chi connectivity index (χ4n) is 3.53. The second-order valence-corrected chi connectivity index (χ2v) is 6.90. The van der Waals surface area contributed by atoms with Gasteiger partial charge in [0.1, 0.15) is 5.82 Å². The molecule has 21 heavy (non-hydrogen) atoms. The first-order chi connectivity index (χ1) is 10.2. The quantitative estimate of drug-likeness (QED) is 0.894. The van der Waals surface area contributed by atoms with Gasteiger partial charge in [0.2, 0.25) is 0 Å². The molecule has 0 bridgehead atoms. The van der Waals surface area contributed by atoms with Crippen molar-refractivity contribution in [1.82, 2.24) is 10.2 Å². The van der Waals surface area contributed by atoms with Crippen LogP contribution in [0.3, 0.4) is 0 Å². The van der Waals surface area contributed by atoms with E-state index in [4.69, 9.17) is 0 Å². The van der Waals surface area contributed by atoms with Crippen molar-refractivity contribution in [3.63, 3.8) is 0 Å². The van der Waals surface area contributed by atoms with Crippen LogP contribution in [0.4, 0.5) is 4.39 Å². The zero-order chi connectivity index (χ0) is 14.7. The third-order valence-electron chi connectivity index (χ3n) is 5.20. The van der Waals surface area contributed by atoms with Crippen molar-refractivity contribution in [3.8, 4) is 0 Å². The minimum Gasteiger partial charge on any atom is -0.313 e. The van der Waals surface area contributed by atoms with Crippen molar-refractivity contribution < 1.29 is 4.39 Å². The normalized spacial score (nSPS) is 27.5. The SMILES string of the molecule is CC1CCN(CCNC2CC(c3cccc(F)c3)C2)CC1. The molecule has 1 N–H and O–H groups in total. The molecule has 2 fully saturated rings. The second kappa shape index (κ2) is 6.89. The topological polar surface area (TPSA) is 15.3 Å². The van der Waals surface area contributed by atoms with Gasteiger partial charge in [-0.15, -0.1) is 0 Å². The monoisotopic (exact) mass is 290 g/mol. The number of likely N-dealkylation sites (tertiary alicyclic amines) is 1. The molecule has 1 saturated heterocycles. The number of nitrogens with zero attached hydrogens (tertiary/aromatic N) is 1. The van der Waals surface area contributed by atoms with E-state index in [1.165, 1.54) is 38.5 Å². The second-order valence-electron chi connectivity index (χ2n) is 6.90. The van der Waals surface area contributed by atoms with Crippen LogP contribution in [0.5, 0.6) is 0 Å². The highest BCUT2D eigenvalue weighted by Gasteiger charge is 2.30. The molecule has 1 saturated carbocycles. The van der Waals surface area contributed by atoms with Gasteiger partial charge in [-0.05, 0) is 68.3 Å². The maximum Gasteiger partial charge on any atom is 0.123 e. The highest BCUT2D eigenvalue weighted by molar-refractivity contribution is 5.23. The lowest BCUT2D eigenvalue weighted by Crippen LogP contribution is -2.44. The van der Waals surface area contributed by atoms with E-state index in [1.807, 2.05) is 6.07 Å². The summed E-state index contributed by atoms with van der Waals surface area (Å²) in [5.41, 5.74) is 1.16. The summed E-state index contributed by atoms with van der Waals surface area (Å²) in [7, 11) is 0. The number of halogens is 1. The van der Waals surface area contributed by atoms with Crippen LogP contribution in [0.15, 0.2) is 24.3 Å². The molecular weight excluding hydrogens is 263 g/mol. The number of nitrogens with one attached hydrogen (secondary N) is 1. The van der Waals surface area contributed by atoms with Crippen molar-refractivity contribution in [3.05, 3.63) is 35.6 Å². The van der Waals surface area contributed by atoms with E-state index in [2.05, 4.69) is 23.2 Å². The lowest BCUT2D eigenvalue weighted by molar-refractivity contribution is 0.184. The highest BCUT2D eigenvalue weighted by atomic mass is 19.1. The zero-order valence-electron chi connectivity index (χ0n) is 13.0. The zero-order valence-corrected chi connectivity index (χ0v) is 13.0. The largest absolute Gasteiger partial charge is 0.313 e. The predicted molar refractivity (Wildman–Crippen MR) is 85.0 cm³/mol. The maximum atomic E-state index is 13.2. The molecule has 1 heterocycles. The van der Waals surface area contributed by atoms with Crippen LogP contribution >= 0.6 is 0 Å². The van der Waals surface area contributed by atoms with Gasteiger partial charge in [0.25, 0.3) is 0 Å². The number of piperidine rings is 1. The summed E-state index contributed by atoms with van der Waals surface area (Å²) in [5.74, 6) is 1.35. The van der Waals surface area contributed by atoms with Gasteiger partial charge in [-0.1, -0.05) is 19.1 Å². The Morgan fingerprint density at radius 3 is 2.71 bits per heavy atom. The van der Waals surface area contributed by atoms with Crippen LogP contribution < -0.4 is 5.32 Å². The summed E-state index contributed by atoms with van der Waals surface area (Å²) < 4.78 is 13.2. The van der Waals surface area contributed by atoms with Crippen molar-refractivity contribution in [2.45, 2.75) is 44.6 Å². The molecule has 0 amide bonds. The molecule has 116 valence electrons. The Bertz CT molecular complexity index is 448. The summed E-state index contributed by atoms with van der Waals surface area (Å²) in [6, 6.07) is 7.72. The Balaban J connectivity index is 1.32. The summed E-state index contributed by atoms with van der Waals surface area (Å²) in [6.07, 6.45) is 5.01. The Morgan fingerprint density at radius 1 is 1.24 bits per heavy atom. The fraction of sp³-hybridized carbons (Fsp3) is 0.667. The van der Waals surface area contributed by atoms with E-state index in [-0.39, 0.29) is 5.82 Å². The molecule has 0 aromatic heterocycles. The average Bonchev–Trinajstić information content (AvgIpc) is 2.43. The van der Waals surface area contributed by atoms with E-state index in [0.29, 0.717) is 12.0 Å². The van der Waals surface area contributed by atoms with Gasteiger partial charge in [-0.25, -0.2) is 4.39 Å². The Kier molecular flexibility index (Phi) is 4.91. The lowest BCUT2D eigenvalue weighted by atomic mass is 9.76. The van der Waals surface area contributed by atoms with Crippen LogP contribution in [0.25, 0.3) is 0 Å². The number of hydrogen-bond donors (Lipinski definition) is 1. The maximum absolute atomic E-state index is 13.2. The van der Waals surface area contributed by atoms with Gasteiger partial charge in [-0.2, -0.15) is 0 Å². The smallest absolute Gasteiger partial charge is 0.123 e. The molecule has 2 nitrogen and oxygen atoms in total. The van der Waals surface area contributed by atoms with Gasteiger partial charge in [-0.3, -0.25) is 0 Å². The van der Waals surface area contributed by atoms with E-state index in [9.17, 15) is 4.39 Å². The predicted octanol–water partition coefficient (Wildman–Crippen LogP) is 3.39. The number of hydrogen-bond acceptors (Lipinski definition) is 2. The van der Waals surface area contributed by atoms with Gasteiger partial charge in [0, 0.05) is 19.1 Å². The number of rotatable bonds is 5. The molecule has 3 heteroatoms. The average molecular weight is 290 g/mol. The van der Waals surface area contributed by atoms with Crippen LogP contribution in [0.1, 0.15) is 44.1 Å². The molecular formula is C18H27FN2. The fourth-order valence-corrected chi connectivity index (χ4v) is 3.53. The van der Waals surface area contributed by atoms with Gasteiger partial charge in [0.15, 0.2) is 0 Å². The third kappa shape index (κ3) is 4.04. The van der Waals surface area contributed by atoms with Crippen molar-refractivity contribution in [1.29, 1.82) is 0 Å². The molecule has 1 aromatic carbocycles. The van der Waals surface area contributed by atoms with Crippen molar-refractivity contribution >= 4 is 0 Å². The Labute approximate surface area is 127 Å². The van der Waals surface area contributed by atoms with Gasteiger partial charge < -0.3 is 10.2 Å². The summed E-state index contributed by atoms with van der Waals surface area (Å²) in [6.45, 7) is 7.15. The van der Waals surface area contributed by atoms with Crippen LogP contribution in [-0.2, 0) is 0 Å². The first-order valence-corrected chi connectivity index (χ1v) is 8.42. The molecule has 0 unspecified atom stereocenters. The standard InChI is InChI=1S/C18H27FN2/c1-14-5-8-21(9-6-14)10-7-20-18-12-16(13-18)15-3-2-4-17(19)11-15/h2-4,11,14,16,18,20H,5-10,12-13H2,1H3. The first-order valence-electron chi connectivity index (χ1n) is 8.42. The van der Waals surface area contributed by atoms with E-state index >= 15 is 0 Å². The van der Waals surface area contributed by atoms with E-state index in [1.54, 1.807) is 6.07 Å². The molecule has 0 atom stereocenters. The molecule has 2 aliphatic rings. The highest BCUT2D eigenvalue weighted by Crippen LogP contribution is 2.36. The molecule has 0 radical (unpaired) electrons.